The van der Waals surface area contributed by atoms with Gasteiger partial charge in [-0.05, 0) is 44.7 Å². The quantitative estimate of drug-likeness (QED) is 0.216. The summed E-state index contributed by atoms with van der Waals surface area (Å²) in [4.78, 5) is 24.5. The zero-order valence-corrected chi connectivity index (χ0v) is 22.3. The fraction of sp³-hybridized carbons (Fsp3) is 0.500. The van der Waals surface area contributed by atoms with Gasteiger partial charge >= 0.3 is 12.2 Å². The third-order valence-corrected chi connectivity index (χ3v) is 5.56. The van der Waals surface area contributed by atoms with Crippen LogP contribution in [0.5, 0.6) is 0 Å². The van der Waals surface area contributed by atoms with Crippen LogP contribution in [0.1, 0.15) is 31.9 Å². The van der Waals surface area contributed by atoms with Crippen molar-refractivity contribution in [1.82, 2.24) is 16.0 Å². The minimum atomic E-state index is -1.02. The molecule has 4 atom stereocenters. The maximum atomic E-state index is 12.4. The van der Waals surface area contributed by atoms with Crippen molar-refractivity contribution in [3.8, 4) is 0 Å². The van der Waals surface area contributed by atoms with Crippen LogP contribution in [0, 0.1) is 0 Å². The second-order valence-corrected chi connectivity index (χ2v) is 10.0. The fourth-order valence-corrected chi connectivity index (χ4v) is 3.76. The Bertz CT molecular complexity index is 954. The van der Waals surface area contributed by atoms with Gasteiger partial charge in [-0.1, -0.05) is 60.7 Å². The van der Waals surface area contributed by atoms with Gasteiger partial charge in [0.2, 0.25) is 0 Å². The monoisotopic (exact) mass is 531 g/mol. The molecule has 0 aliphatic heterocycles. The van der Waals surface area contributed by atoms with E-state index in [1.807, 2.05) is 60.7 Å². The Kier molecular flexibility index (Phi) is 13.0. The van der Waals surface area contributed by atoms with Crippen molar-refractivity contribution < 1.29 is 34.4 Å². The molecular formula is C28H41N3O7. The number of ether oxygens (including phenoxy) is 2. The first-order chi connectivity index (χ1) is 18.1. The van der Waals surface area contributed by atoms with Crippen LogP contribution in [-0.4, -0.2) is 83.7 Å². The molecule has 0 bridgehead atoms. The molecule has 0 saturated carbocycles. The summed E-state index contributed by atoms with van der Waals surface area (Å²) in [6.45, 7) is 4.95. The smallest absolute Gasteiger partial charge is 0.407 e. The first-order valence-electron chi connectivity index (χ1n) is 12.8. The molecule has 10 nitrogen and oxygen atoms in total. The lowest BCUT2D eigenvalue weighted by molar-refractivity contribution is 0.0415. The Morgan fingerprint density at radius 2 is 1.24 bits per heavy atom. The van der Waals surface area contributed by atoms with Gasteiger partial charge in [-0.25, -0.2) is 9.59 Å². The highest BCUT2D eigenvalue weighted by atomic mass is 16.6. The van der Waals surface area contributed by atoms with Gasteiger partial charge in [0.1, 0.15) is 12.2 Å². The molecular weight excluding hydrogens is 490 g/mol. The van der Waals surface area contributed by atoms with Crippen molar-refractivity contribution in [3.63, 3.8) is 0 Å². The van der Waals surface area contributed by atoms with Crippen LogP contribution in [0.3, 0.4) is 0 Å². The summed E-state index contributed by atoms with van der Waals surface area (Å²) >= 11 is 0. The Labute approximate surface area is 224 Å². The van der Waals surface area contributed by atoms with E-state index in [-0.39, 0.29) is 26.3 Å². The molecule has 2 rings (SSSR count). The molecule has 2 aromatic carbocycles. The summed E-state index contributed by atoms with van der Waals surface area (Å²) in [5, 5.41) is 39.1. The summed E-state index contributed by atoms with van der Waals surface area (Å²) in [5.74, 6) is 0. The van der Waals surface area contributed by atoms with E-state index in [4.69, 9.17) is 14.6 Å². The number of hydrogen-bond donors (Lipinski definition) is 6. The fourth-order valence-electron chi connectivity index (χ4n) is 3.76. The average molecular weight is 532 g/mol. The van der Waals surface area contributed by atoms with Crippen LogP contribution >= 0.6 is 0 Å². The molecule has 0 aliphatic rings. The van der Waals surface area contributed by atoms with Gasteiger partial charge in [0.25, 0.3) is 0 Å². The van der Waals surface area contributed by atoms with Crippen LogP contribution < -0.4 is 16.0 Å². The number of aliphatic hydroxyl groups excluding tert-OH is 3. The molecule has 0 spiro atoms. The minimum absolute atomic E-state index is 0.0549. The number of rotatable bonds is 14. The topological polar surface area (TPSA) is 149 Å². The third kappa shape index (κ3) is 12.4. The zero-order chi connectivity index (χ0) is 28.0. The molecule has 38 heavy (non-hydrogen) atoms. The minimum Gasteiger partial charge on any atom is -0.447 e. The second-order valence-electron chi connectivity index (χ2n) is 10.0. The highest BCUT2D eigenvalue weighted by molar-refractivity contribution is 5.68. The van der Waals surface area contributed by atoms with Crippen molar-refractivity contribution in [2.75, 3.05) is 26.3 Å². The highest BCUT2D eigenvalue weighted by Gasteiger charge is 2.26. The molecule has 0 saturated heterocycles. The number of hydrogen-bond acceptors (Lipinski definition) is 8. The standard InChI is InChI=1S/C28H41N3O7/c1-28(2,3)38-27(36)31-23(17-21-12-8-5-9-13-21)25(34)19-29-18-24(33)22(30-26(35)37-15-14-32)16-20-10-6-4-7-11-20/h4-13,22-25,29,32-34H,14-19H2,1-3H3,(H,30,35)(H,31,36)/t22-,23-,24+,25+/m0/s1. The second kappa shape index (κ2) is 15.9. The van der Waals surface area contributed by atoms with Crippen LogP contribution in [0.4, 0.5) is 9.59 Å². The van der Waals surface area contributed by atoms with E-state index in [1.54, 1.807) is 20.8 Å². The lowest BCUT2D eigenvalue weighted by Gasteiger charge is -2.28. The summed E-state index contributed by atoms with van der Waals surface area (Å²) in [6.07, 6.45) is -2.67. The number of aliphatic hydroxyl groups is 3. The largest absolute Gasteiger partial charge is 0.447 e. The number of alkyl carbamates (subject to hydrolysis) is 2. The molecule has 6 N–H and O–H groups in total. The van der Waals surface area contributed by atoms with Gasteiger partial charge in [-0.15, -0.1) is 0 Å². The number of amides is 2. The molecule has 2 amide bonds. The van der Waals surface area contributed by atoms with Crippen molar-refractivity contribution >= 4 is 12.2 Å². The van der Waals surface area contributed by atoms with Gasteiger partial charge in [-0.3, -0.25) is 0 Å². The van der Waals surface area contributed by atoms with Crippen LogP contribution in [0.25, 0.3) is 0 Å². The number of carbonyl (C=O) groups excluding carboxylic acids is 2. The zero-order valence-electron chi connectivity index (χ0n) is 22.3. The average Bonchev–Trinajstić information content (AvgIpc) is 2.86. The maximum absolute atomic E-state index is 12.4. The predicted octanol–water partition coefficient (Wildman–Crippen LogP) is 1.76. The summed E-state index contributed by atoms with van der Waals surface area (Å²) in [6, 6.07) is 17.5. The normalized spacial score (nSPS) is 14.6. The lowest BCUT2D eigenvalue weighted by atomic mass is 10.00. The van der Waals surface area contributed by atoms with Crippen molar-refractivity contribution in [2.24, 2.45) is 0 Å². The van der Waals surface area contributed by atoms with E-state index in [2.05, 4.69) is 16.0 Å². The number of nitrogens with one attached hydrogen (secondary N) is 3. The molecule has 210 valence electrons. The van der Waals surface area contributed by atoms with Gasteiger partial charge in [0, 0.05) is 13.1 Å². The van der Waals surface area contributed by atoms with Gasteiger partial charge in [0.05, 0.1) is 30.9 Å². The van der Waals surface area contributed by atoms with E-state index < -0.39 is 42.1 Å². The van der Waals surface area contributed by atoms with Crippen molar-refractivity contribution in [1.29, 1.82) is 0 Å². The Balaban J connectivity index is 2.00. The van der Waals surface area contributed by atoms with Crippen molar-refractivity contribution in [2.45, 2.75) is 63.5 Å². The Morgan fingerprint density at radius 3 is 1.66 bits per heavy atom. The van der Waals surface area contributed by atoms with Crippen LogP contribution in [-0.2, 0) is 22.3 Å². The van der Waals surface area contributed by atoms with E-state index in [0.717, 1.165) is 11.1 Å². The van der Waals surface area contributed by atoms with Gasteiger partial charge in [0.15, 0.2) is 0 Å². The van der Waals surface area contributed by atoms with E-state index in [1.165, 1.54) is 0 Å². The summed E-state index contributed by atoms with van der Waals surface area (Å²) in [5.41, 5.74) is 1.15. The molecule has 0 heterocycles. The lowest BCUT2D eigenvalue weighted by Crippen LogP contribution is -2.52. The predicted molar refractivity (Wildman–Crippen MR) is 144 cm³/mol. The molecule has 0 unspecified atom stereocenters. The van der Waals surface area contributed by atoms with Gasteiger partial charge in [-0.2, -0.15) is 0 Å². The molecule has 10 heteroatoms. The van der Waals surface area contributed by atoms with Crippen molar-refractivity contribution in [3.05, 3.63) is 71.8 Å². The molecule has 2 aromatic rings. The summed E-state index contributed by atoms with van der Waals surface area (Å²) in [7, 11) is 0. The molecule has 0 radical (unpaired) electrons. The number of carbonyl (C=O) groups is 2. The molecule has 0 aliphatic carbocycles. The molecule has 0 fully saturated rings. The van der Waals surface area contributed by atoms with E-state index in [9.17, 15) is 19.8 Å². The van der Waals surface area contributed by atoms with Gasteiger partial charge < -0.3 is 40.7 Å². The SMILES string of the molecule is CC(C)(C)OC(=O)N[C@@H](Cc1ccccc1)[C@H](O)CNC[C@@H](O)[C@H](Cc1ccccc1)NC(=O)OCCO. The Hall–Kier alpha value is -3.18. The van der Waals surface area contributed by atoms with E-state index in [0.29, 0.717) is 12.8 Å². The first kappa shape index (κ1) is 31.0. The number of benzene rings is 2. The first-order valence-corrected chi connectivity index (χ1v) is 12.8. The maximum Gasteiger partial charge on any atom is 0.407 e. The van der Waals surface area contributed by atoms with E-state index >= 15 is 0 Å². The molecule has 0 aromatic heterocycles. The van der Waals surface area contributed by atoms with Crippen LogP contribution in [0.15, 0.2) is 60.7 Å². The highest BCUT2D eigenvalue weighted by Crippen LogP contribution is 2.11. The third-order valence-electron chi connectivity index (χ3n) is 5.56. The van der Waals surface area contributed by atoms with Crippen LogP contribution in [0.2, 0.25) is 0 Å². The summed E-state index contributed by atoms with van der Waals surface area (Å²) < 4.78 is 10.3. The Morgan fingerprint density at radius 1 is 0.789 bits per heavy atom.